The van der Waals surface area contributed by atoms with Gasteiger partial charge in [-0.05, 0) is 42.0 Å². The molecular weight excluding hydrogens is 279 g/mol. The van der Waals surface area contributed by atoms with Crippen LogP contribution in [0, 0.1) is 17.1 Å². The van der Waals surface area contributed by atoms with E-state index >= 15 is 0 Å². The van der Waals surface area contributed by atoms with Crippen LogP contribution in [-0.4, -0.2) is 5.91 Å². The standard InChI is InChI=1S/C15H10ClFN2O/c16-13-7-11(3-6-14(13)17)9-19-15(20)12-4-1-10(8-18)2-5-12/h1-7H,9H2,(H,19,20). The zero-order valence-electron chi connectivity index (χ0n) is 10.4. The first-order valence-electron chi connectivity index (χ1n) is 5.82. The lowest BCUT2D eigenvalue weighted by molar-refractivity contribution is 0.0951. The zero-order valence-corrected chi connectivity index (χ0v) is 11.1. The normalized spacial score (nSPS) is 9.85. The molecule has 0 saturated carbocycles. The highest BCUT2D eigenvalue weighted by Crippen LogP contribution is 2.16. The molecule has 2 aromatic carbocycles. The summed E-state index contributed by atoms with van der Waals surface area (Å²) in [5, 5.41) is 11.4. The van der Waals surface area contributed by atoms with Gasteiger partial charge in [0.05, 0.1) is 16.7 Å². The van der Waals surface area contributed by atoms with Gasteiger partial charge in [0, 0.05) is 12.1 Å². The van der Waals surface area contributed by atoms with Gasteiger partial charge in [-0.25, -0.2) is 4.39 Å². The summed E-state index contributed by atoms with van der Waals surface area (Å²) in [5.74, 6) is -0.760. The summed E-state index contributed by atoms with van der Waals surface area (Å²) < 4.78 is 13.0. The van der Waals surface area contributed by atoms with E-state index in [0.717, 1.165) is 0 Å². The summed E-state index contributed by atoms with van der Waals surface area (Å²) in [5.41, 5.74) is 1.66. The quantitative estimate of drug-likeness (QED) is 0.942. The Balaban J connectivity index is 2.01. The van der Waals surface area contributed by atoms with E-state index in [0.29, 0.717) is 16.7 Å². The largest absolute Gasteiger partial charge is 0.348 e. The Morgan fingerprint density at radius 2 is 1.95 bits per heavy atom. The number of hydrogen-bond acceptors (Lipinski definition) is 2. The molecule has 5 heteroatoms. The first kappa shape index (κ1) is 14.0. The monoisotopic (exact) mass is 288 g/mol. The third kappa shape index (κ3) is 3.34. The maximum Gasteiger partial charge on any atom is 0.251 e. The van der Waals surface area contributed by atoms with Gasteiger partial charge < -0.3 is 5.32 Å². The molecule has 3 nitrogen and oxygen atoms in total. The second-order valence-electron chi connectivity index (χ2n) is 4.12. The number of carbonyl (C=O) groups excluding carboxylic acids is 1. The fraction of sp³-hybridized carbons (Fsp3) is 0.0667. The van der Waals surface area contributed by atoms with E-state index in [-0.39, 0.29) is 17.5 Å². The predicted molar refractivity (Wildman–Crippen MR) is 73.7 cm³/mol. The molecule has 1 amide bonds. The van der Waals surface area contributed by atoms with Gasteiger partial charge in [0.2, 0.25) is 0 Å². The lowest BCUT2D eigenvalue weighted by Crippen LogP contribution is -2.22. The van der Waals surface area contributed by atoms with Crippen LogP contribution in [0.25, 0.3) is 0 Å². The van der Waals surface area contributed by atoms with Crippen molar-refractivity contribution in [3.8, 4) is 6.07 Å². The summed E-state index contributed by atoms with van der Waals surface area (Å²) >= 11 is 5.66. The van der Waals surface area contributed by atoms with Gasteiger partial charge in [-0.3, -0.25) is 4.79 Å². The summed E-state index contributed by atoms with van der Waals surface area (Å²) in [6, 6.07) is 12.6. The van der Waals surface area contributed by atoms with Crippen LogP contribution in [0.2, 0.25) is 5.02 Å². The van der Waals surface area contributed by atoms with Crippen LogP contribution in [0.1, 0.15) is 21.5 Å². The number of nitrogens with one attached hydrogen (secondary N) is 1. The molecule has 0 aliphatic carbocycles. The Morgan fingerprint density at radius 1 is 1.25 bits per heavy atom. The van der Waals surface area contributed by atoms with Crippen LogP contribution in [0.5, 0.6) is 0 Å². The van der Waals surface area contributed by atoms with Crippen LogP contribution in [0.4, 0.5) is 4.39 Å². The number of nitrogens with zero attached hydrogens (tertiary/aromatic N) is 1. The van der Waals surface area contributed by atoms with Gasteiger partial charge in [0.1, 0.15) is 5.82 Å². The summed E-state index contributed by atoms with van der Waals surface area (Å²) in [6.45, 7) is 0.249. The molecule has 0 aliphatic rings. The third-order valence-electron chi connectivity index (χ3n) is 2.71. The maximum absolute atomic E-state index is 13.0. The molecular formula is C15H10ClFN2O. The van der Waals surface area contributed by atoms with Crippen molar-refractivity contribution in [3.63, 3.8) is 0 Å². The topological polar surface area (TPSA) is 52.9 Å². The molecule has 0 aliphatic heterocycles. The van der Waals surface area contributed by atoms with Crippen molar-refractivity contribution in [2.75, 3.05) is 0 Å². The minimum atomic E-state index is -0.492. The molecule has 1 N–H and O–H groups in total. The fourth-order valence-electron chi connectivity index (χ4n) is 1.63. The van der Waals surface area contributed by atoms with Crippen molar-refractivity contribution in [1.82, 2.24) is 5.32 Å². The van der Waals surface area contributed by atoms with Crippen molar-refractivity contribution in [2.45, 2.75) is 6.54 Å². The van der Waals surface area contributed by atoms with Crippen LogP contribution in [-0.2, 0) is 6.54 Å². The second-order valence-corrected chi connectivity index (χ2v) is 4.53. The smallest absolute Gasteiger partial charge is 0.251 e. The lowest BCUT2D eigenvalue weighted by atomic mass is 10.1. The second kappa shape index (κ2) is 6.18. The van der Waals surface area contributed by atoms with Crippen molar-refractivity contribution in [2.24, 2.45) is 0 Å². The zero-order chi connectivity index (χ0) is 14.5. The highest BCUT2D eigenvalue weighted by molar-refractivity contribution is 6.30. The van der Waals surface area contributed by atoms with Crippen molar-refractivity contribution >= 4 is 17.5 Å². The molecule has 0 radical (unpaired) electrons. The van der Waals surface area contributed by atoms with Crippen LogP contribution < -0.4 is 5.32 Å². The predicted octanol–water partition coefficient (Wildman–Crippen LogP) is 3.28. The number of carbonyl (C=O) groups is 1. The molecule has 0 aromatic heterocycles. The first-order valence-corrected chi connectivity index (χ1v) is 6.20. The minimum absolute atomic E-state index is 0.0233. The highest BCUT2D eigenvalue weighted by atomic mass is 35.5. The average molecular weight is 289 g/mol. The van der Waals surface area contributed by atoms with Gasteiger partial charge in [0.25, 0.3) is 5.91 Å². The Labute approximate surface area is 120 Å². The Bertz CT molecular complexity index is 677. The number of hydrogen-bond donors (Lipinski definition) is 1. The summed E-state index contributed by atoms with van der Waals surface area (Å²) in [6.07, 6.45) is 0. The van der Waals surface area contributed by atoms with E-state index in [1.54, 1.807) is 30.3 Å². The molecule has 100 valence electrons. The third-order valence-corrected chi connectivity index (χ3v) is 3.00. The van der Waals surface area contributed by atoms with Gasteiger partial charge in [-0.2, -0.15) is 5.26 Å². The molecule has 0 atom stereocenters. The van der Waals surface area contributed by atoms with E-state index in [2.05, 4.69) is 5.32 Å². The number of halogens is 2. The van der Waals surface area contributed by atoms with Crippen molar-refractivity contribution < 1.29 is 9.18 Å². The fourth-order valence-corrected chi connectivity index (χ4v) is 1.83. The Hall–Kier alpha value is -2.38. The SMILES string of the molecule is N#Cc1ccc(C(=O)NCc2ccc(F)c(Cl)c2)cc1. The van der Waals surface area contributed by atoms with Crippen LogP contribution in [0.3, 0.4) is 0 Å². The lowest BCUT2D eigenvalue weighted by Gasteiger charge is -2.06. The van der Waals surface area contributed by atoms with Crippen LogP contribution >= 0.6 is 11.6 Å². The molecule has 20 heavy (non-hydrogen) atoms. The maximum atomic E-state index is 13.0. The Kier molecular flexibility index (Phi) is 4.34. The van der Waals surface area contributed by atoms with Gasteiger partial charge in [-0.15, -0.1) is 0 Å². The summed E-state index contributed by atoms with van der Waals surface area (Å²) in [4.78, 5) is 11.9. The van der Waals surface area contributed by atoms with E-state index in [9.17, 15) is 9.18 Å². The summed E-state index contributed by atoms with van der Waals surface area (Å²) in [7, 11) is 0. The van der Waals surface area contributed by atoms with E-state index < -0.39 is 5.82 Å². The van der Waals surface area contributed by atoms with Gasteiger partial charge in [-0.1, -0.05) is 17.7 Å². The molecule has 2 aromatic rings. The molecule has 0 bridgehead atoms. The Morgan fingerprint density at radius 3 is 2.55 bits per heavy atom. The first-order chi connectivity index (χ1) is 9.60. The highest BCUT2D eigenvalue weighted by Gasteiger charge is 2.06. The van der Waals surface area contributed by atoms with Crippen LogP contribution in [0.15, 0.2) is 42.5 Å². The number of amides is 1. The molecule has 0 saturated heterocycles. The van der Waals surface area contributed by atoms with E-state index in [4.69, 9.17) is 16.9 Å². The number of benzene rings is 2. The minimum Gasteiger partial charge on any atom is -0.348 e. The van der Waals surface area contributed by atoms with Gasteiger partial charge >= 0.3 is 0 Å². The van der Waals surface area contributed by atoms with E-state index in [1.807, 2.05) is 6.07 Å². The van der Waals surface area contributed by atoms with Crippen molar-refractivity contribution in [3.05, 3.63) is 70.0 Å². The van der Waals surface area contributed by atoms with Crippen molar-refractivity contribution in [1.29, 1.82) is 5.26 Å². The molecule has 0 unspecified atom stereocenters. The average Bonchev–Trinajstić information content (AvgIpc) is 2.48. The molecule has 0 spiro atoms. The molecule has 0 heterocycles. The number of rotatable bonds is 3. The molecule has 0 fully saturated rings. The van der Waals surface area contributed by atoms with E-state index in [1.165, 1.54) is 12.1 Å². The number of nitriles is 1. The van der Waals surface area contributed by atoms with Gasteiger partial charge in [0.15, 0.2) is 0 Å². The molecule has 2 rings (SSSR count).